The van der Waals surface area contributed by atoms with E-state index in [1.54, 1.807) is 25.2 Å². The predicted molar refractivity (Wildman–Crippen MR) is 101 cm³/mol. The van der Waals surface area contributed by atoms with E-state index >= 15 is 0 Å². The number of rotatable bonds is 4. The Labute approximate surface area is 150 Å². The molecule has 0 saturated carbocycles. The van der Waals surface area contributed by atoms with Gasteiger partial charge in [-0.1, -0.05) is 48.0 Å². The lowest BCUT2D eigenvalue weighted by atomic mass is 10.1. The first-order valence-corrected chi connectivity index (χ1v) is 8.56. The third-order valence-electron chi connectivity index (χ3n) is 3.93. The van der Waals surface area contributed by atoms with E-state index in [1.807, 2.05) is 49.4 Å². The van der Waals surface area contributed by atoms with Crippen LogP contribution >= 0.6 is 11.3 Å². The topological polar surface area (TPSA) is 57.6 Å². The molecule has 0 aliphatic carbocycles. The van der Waals surface area contributed by atoms with Crippen molar-refractivity contribution in [3.8, 4) is 10.4 Å². The Morgan fingerprint density at radius 3 is 2.24 bits per heavy atom. The number of anilines is 1. The lowest BCUT2D eigenvalue weighted by molar-refractivity contribution is 0.0703. The van der Waals surface area contributed by atoms with Crippen LogP contribution in [0.15, 0.2) is 60.7 Å². The number of aromatic carboxylic acids is 1. The van der Waals surface area contributed by atoms with Gasteiger partial charge in [0.15, 0.2) is 0 Å². The molecular weight excluding hydrogens is 334 g/mol. The number of amides is 1. The number of carboxylic acid groups (broad SMARTS) is 1. The van der Waals surface area contributed by atoms with E-state index in [1.165, 1.54) is 16.2 Å². The summed E-state index contributed by atoms with van der Waals surface area (Å²) < 4.78 is 0. The molecule has 1 aromatic heterocycles. The number of thiophene rings is 1. The van der Waals surface area contributed by atoms with Crippen molar-refractivity contribution >= 4 is 28.9 Å². The highest BCUT2D eigenvalue weighted by molar-refractivity contribution is 7.18. The highest BCUT2D eigenvalue weighted by Crippen LogP contribution is 2.36. The monoisotopic (exact) mass is 351 g/mol. The molecule has 3 rings (SSSR count). The van der Waals surface area contributed by atoms with Crippen LogP contribution in [0.1, 0.15) is 25.6 Å². The molecule has 0 aliphatic heterocycles. The number of carbonyl (C=O) groups excluding carboxylic acids is 1. The number of carboxylic acids is 1. The van der Waals surface area contributed by atoms with Crippen LogP contribution in [-0.4, -0.2) is 24.0 Å². The molecule has 0 atom stereocenters. The van der Waals surface area contributed by atoms with Crippen LogP contribution < -0.4 is 4.90 Å². The molecule has 4 nitrogen and oxygen atoms in total. The molecule has 1 amide bonds. The first kappa shape index (κ1) is 16.9. The van der Waals surface area contributed by atoms with Gasteiger partial charge in [-0.2, -0.15) is 0 Å². The average Bonchev–Trinajstić information content (AvgIpc) is 3.07. The number of hydrogen-bond acceptors (Lipinski definition) is 3. The molecule has 3 aromatic rings. The summed E-state index contributed by atoms with van der Waals surface area (Å²) in [6, 6.07) is 18.5. The summed E-state index contributed by atoms with van der Waals surface area (Å²) in [6.07, 6.45) is 0. The number of carbonyl (C=O) groups is 2. The Balaban J connectivity index is 2.00. The minimum atomic E-state index is -1.04. The Hall–Kier alpha value is -2.92. The second kappa shape index (κ2) is 6.91. The molecule has 0 spiro atoms. The quantitative estimate of drug-likeness (QED) is 0.741. The lowest BCUT2D eigenvalue weighted by Crippen LogP contribution is -2.27. The van der Waals surface area contributed by atoms with Gasteiger partial charge in [-0.05, 0) is 30.7 Å². The Bertz CT molecular complexity index is 914. The number of nitrogens with zero attached hydrogens (tertiary/aromatic N) is 1. The smallest absolute Gasteiger partial charge is 0.348 e. The normalized spacial score (nSPS) is 10.5. The molecule has 1 heterocycles. The van der Waals surface area contributed by atoms with Crippen LogP contribution in [0.2, 0.25) is 0 Å². The van der Waals surface area contributed by atoms with Gasteiger partial charge in [0, 0.05) is 17.5 Å². The van der Waals surface area contributed by atoms with Gasteiger partial charge < -0.3 is 10.0 Å². The van der Waals surface area contributed by atoms with E-state index in [0.717, 1.165) is 16.0 Å². The molecule has 1 N–H and O–H groups in total. The number of benzene rings is 2. The maximum Gasteiger partial charge on any atom is 0.348 e. The molecular formula is C20H17NO3S. The van der Waals surface area contributed by atoms with Gasteiger partial charge in [-0.15, -0.1) is 11.3 Å². The van der Waals surface area contributed by atoms with E-state index < -0.39 is 5.97 Å². The molecule has 0 bridgehead atoms. The zero-order chi connectivity index (χ0) is 18.0. The summed E-state index contributed by atoms with van der Waals surface area (Å²) in [6.45, 7) is 1.95. The van der Waals surface area contributed by atoms with Crippen molar-refractivity contribution in [2.24, 2.45) is 0 Å². The van der Waals surface area contributed by atoms with Gasteiger partial charge in [-0.25, -0.2) is 4.79 Å². The number of aryl methyl sites for hydroxylation is 1. The molecule has 25 heavy (non-hydrogen) atoms. The van der Waals surface area contributed by atoms with Gasteiger partial charge in [0.2, 0.25) is 0 Å². The molecule has 0 unspecified atom stereocenters. The summed E-state index contributed by atoms with van der Waals surface area (Å²) in [5.74, 6) is -1.27. The predicted octanol–water partition coefficient (Wildman–Crippen LogP) is 4.70. The molecule has 0 saturated heterocycles. The van der Waals surface area contributed by atoms with Crippen LogP contribution in [0.25, 0.3) is 10.4 Å². The molecule has 126 valence electrons. The molecule has 0 aliphatic rings. The minimum absolute atomic E-state index is 0.154. The summed E-state index contributed by atoms with van der Waals surface area (Å²) in [5.41, 5.74) is 2.92. The van der Waals surface area contributed by atoms with Crippen molar-refractivity contribution in [3.05, 3.63) is 76.7 Å². The first-order chi connectivity index (χ1) is 12.0. The molecule has 0 radical (unpaired) electrons. The van der Waals surface area contributed by atoms with E-state index in [-0.39, 0.29) is 10.8 Å². The van der Waals surface area contributed by atoms with Crippen molar-refractivity contribution in [2.45, 2.75) is 6.92 Å². The average molecular weight is 351 g/mol. The Morgan fingerprint density at radius 2 is 1.64 bits per heavy atom. The van der Waals surface area contributed by atoms with Crippen LogP contribution in [-0.2, 0) is 0 Å². The van der Waals surface area contributed by atoms with Gasteiger partial charge in [-0.3, -0.25) is 4.79 Å². The maximum absolute atomic E-state index is 12.7. The summed E-state index contributed by atoms with van der Waals surface area (Å²) in [7, 11) is 1.60. The van der Waals surface area contributed by atoms with Crippen molar-refractivity contribution in [1.82, 2.24) is 0 Å². The van der Waals surface area contributed by atoms with E-state index in [4.69, 9.17) is 0 Å². The van der Waals surface area contributed by atoms with E-state index in [9.17, 15) is 14.7 Å². The Morgan fingerprint density at radius 1 is 1.00 bits per heavy atom. The SMILES string of the molecule is Cc1ccc(C(=O)N(C)c2cc(-c3ccccc3)sc2C(=O)O)cc1. The second-order valence-corrected chi connectivity index (χ2v) is 6.78. The Kier molecular flexibility index (Phi) is 4.67. The van der Waals surface area contributed by atoms with Crippen LogP contribution in [0.5, 0.6) is 0 Å². The summed E-state index contributed by atoms with van der Waals surface area (Å²) in [5, 5.41) is 9.54. The maximum atomic E-state index is 12.7. The molecule has 0 fully saturated rings. The fourth-order valence-electron chi connectivity index (χ4n) is 2.53. The van der Waals surface area contributed by atoms with Gasteiger partial charge in [0.25, 0.3) is 5.91 Å². The zero-order valence-corrected chi connectivity index (χ0v) is 14.7. The van der Waals surface area contributed by atoms with Crippen molar-refractivity contribution in [3.63, 3.8) is 0 Å². The fourth-order valence-corrected chi connectivity index (χ4v) is 3.56. The molecule has 5 heteroatoms. The first-order valence-electron chi connectivity index (χ1n) is 7.74. The van der Waals surface area contributed by atoms with Crippen molar-refractivity contribution in [2.75, 3.05) is 11.9 Å². The van der Waals surface area contributed by atoms with Gasteiger partial charge in [0.1, 0.15) is 4.88 Å². The fraction of sp³-hybridized carbons (Fsp3) is 0.100. The summed E-state index contributed by atoms with van der Waals surface area (Å²) in [4.78, 5) is 26.7. The number of hydrogen-bond donors (Lipinski definition) is 1. The summed E-state index contributed by atoms with van der Waals surface area (Å²) >= 11 is 1.17. The van der Waals surface area contributed by atoms with E-state index in [2.05, 4.69) is 0 Å². The van der Waals surface area contributed by atoms with E-state index in [0.29, 0.717) is 11.3 Å². The van der Waals surface area contributed by atoms with Gasteiger partial charge >= 0.3 is 5.97 Å². The third-order valence-corrected chi connectivity index (χ3v) is 5.09. The largest absolute Gasteiger partial charge is 0.477 e. The van der Waals surface area contributed by atoms with Crippen molar-refractivity contribution in [1.29, 1.82) is 0 Å². The van der Waals surface area contributed by atoms with Crippen LogP contribution in [0.4, 0.5) is 5.69 Å². The van der Waals surface area contributed by atoms with Gasteiger partial charge in [0.05, 0.1) is 5.69 Å². The van der Waals surface area contributed by atoms with Crippen LogP contribution in [0, 0.1) is 6.92 Å². The van der Waals surface area contributed by atoms with Crippen molar-refractivity contribution < 1.29 is 14.7 Å². The minimum Gasteiger partial charge on any atom is -0.477 e. The van der Waals surface area contributed by atoms with Crippen LogP contribution in [0.3, 0.4) is 0 Å². The molecule has 2 aromatic carbocycles. The standard InChI is InChI=1S/C20H17NO3S/c1-13-8-10-15(11-9-13)19(22)21(2)16-12-17(25-18(16)20(23)24)14-6-4-3-5-7-14/h3-12H,1-2H3,(H,23,24). The zero-order valence-electron chi connectivity index (χ0n) is 13.9. The lowest BCUT2D eigenvalue weighted by Gasteiger charge is -2.17. The highest BCUT2D eigenvalue weighted by Gasteiger charge is 2.23. The second-order valence-electron chi connectivity index (χ2n) is 5.73. The third kappa shape index (κ3) is 3.46. The highest BCUT2D eigenvalue weighted by atomic mass is 32.1.